The highest BCUT2D eigenvalue weighted by Gasteiger charge is 2.18. The second-order valence-electron chi connectivity index (χ2n) is 4.90. The van der Waals surface area contributed by atoms with Gasteiger partial charge in [-0.15, -0.1) is 0 Å². The van der Waals surface area contributed by atoms with E-state index in [1.54, 1.807) is 0 Å². The van der Waals surface area contributed by atoms with Crippen LogP contribution in [0, 0.1) is 6.92 Å². The first-order valence-electron chi connectivity index (χ1n) is 6.64. The molecule has 0 saturated heterocycles. The minimum Gasteiger partial charge on any atom is -0.347 e. The minimum atomic E-state index is 0.838. The predicted octanol–water partition coefficient (Wildman–Crippen LogP) is 1.33. The lowest BCUT2D eigenvalue weighted by Gasteiger charge is -2.29. The van der Waals surface area contributed by atoms with Crippen molar-refractivity contribution in [2.24, 2.45) is 0 Å². The summed E-state index contributed by atoms with van der Waals surface area (Å²) in [5, 5.41) is 3.17. The van der Waals surface area contributed by atoms with Crippen molar-refractivity contribution in [3.63, 3.8) is 0 Å². The molecule has 1 aliphatic heterocycles. The topological polar surface area (TPSA) is 46.0 Å². The molecule has 0 unspecified atom stereocenters. The van der Waals surface area contributed by atoms with Crippen LogP contribution in [-0.4, -0.2) is 28.1 Å². The molecule has 100 valence electrons. The molecule has 0 saturated carbocycles. The van der Waals surface area contributed by atoms with Crippen LogP contribution < -0.4 is 10.2 Å². The highest BCUT2D eigenvalue weighted by Crippen LogP contribution is 2.19. The van der Waals surface area contributed by atoms with Gasteiger partial charge < -0.3 is 14.8 Å². The van der Waals surface area contributed by atoms with Gasteiger partial charge in [0, 0.05) is 37.7 Å². The summed E-state index contributed by atoms with van der Waals surface area (Å²) in [7, 11) is 1.96. The number of hydrogen-bond acceptors (Lipinski definition) is 4. The largest absolute Gasteiger partial charge is 0.347 e. The molecule has 19 heavy (non-hydrogen) atoms. The summed E-state index contributed by atoms with van der Waals surface area (Å²) in [6.45, 7) is 5.74. The van der Waals surface area contributed by atoms with Crippen LogP contribution >= 0.6 is 0 Å². The zero-order chi connectivity index (χ0) is 13.2. The number of imidazole rings is 1. The molecule has 3 heterocycles. The van der Waals surface area contributed by atoms with Gasteiger partial charge in [-0.05, 0) is 25.6 Å². The fourth-order valence-electron chi connectivity index (χ4n) is 2.50. The van der Waals surface area contributed by atoms with Crippen LogP contribution in [0.2, 0.25) is 0 Å². The smallest absolute Gasteiger partial charge is 0.129 e. The van der Waals surface area contributed by atoms with Gasteiger partial charge >= 0.3 is 0 Å². The lowest BCUT2D eigenvalue weighted by atomic mass is 10.2. The first kappa shape index (κ1) is 12.2. The second-order valence-corrected chi connectivity index (χ2v) is 4.90. The molecule has 5 heteroatoms. The number of aryl methyl sites for hydroxylation is 1. The fraction of sp³-hybridized carbons (Fsp3) is 0.429. The first-order valence-corrected chi connectivity index (χ1v) is 6.64. The summed E-state index contributed by atoms with van der Waals surface area (Å²) in [5.41, 5.74) is 2.35. The standard InChI is InChI=1S/C14H19N5/c1-11-12(9-15-2)3-4-13(17-11)19-8-7-18-6-5-16-14(18)10-19/h3-6,15H,7-10H2,1-2H3. The van der Waals surface area contributed by atoms with Crippen molar-refractivity contribution in [3.05, 3.63) is 41.6 Å². The van der Waals surface area contributed by atoms with E-state index in [0.717, 1.165) is 43.5 Å². The molecular formula is C14H19N5. The van der Waals surface area contributed by atoms with Crippen LogP contribution in [0.3, 0.4) is 0 Å². The van der Waals surface area contributed by atoms with Crippen molar-refractivity contribution in [2.45, 2.75) is 26.6 Å². The van der Waals surface area contributed by atoms with Crippen molar-refractivity contribution in [1.29, 1.82) is 0 Å². The van der Waals surface area contributed by atoms with Gasteiger partial charge in [-0.2, -0.15) is 0 Å². The highest BCUT2D eigenvalue weighted by molar-refractivity contribution is 5.42. The van der Waals surface area contributed by atoms with Crippen molar-refractivity contribution in [2.75, 3.05) is 18.5 Å². The van der Waals surface area contributed by atoms with Gasteiger partial charge in [-0.3, -0.25) is 0 Å². The molecule has 0 bridgehead atoms. The Bertz CT molecular complexity index is 575. The number of rotatable bonds is 3. The fourth-order valence-corrected chi connectivity index (χ4v) is 2.50. The number of anilines is 1. The lowest BCUT2D eigenvalue weighted by molar-refractivity contribution is 0.555. The maximum absolute atomic E-state index is 4.72. The van der Waals surface area contributed by atoms with Crippen LogP contribution in [-0.2, 0) is 19.6 Å². The third kappa shape index (κ3) is 2.33. The first-order chi connectivity index (χ1) is 9.28. The zero-order valence-electron chi connectivity index (χ0n) is 11.4. The van der Waals surface area contributed by atoms with Crippen LogP contribution in [0.15, 0.2) is 24.5 Å². The van der Waals surface area contributed by atoms with Crippen LogP contribution in [0.1, 0.15) is 17.1 Å². The number of fused-ring (bicyclic) bond motifs is 1. The molecule has 0 fully saturated rings. The van der Waals surface area contributed by atoms with E-state index in [2.05, 4.69) is 38.8 Å². The Morgan fingerprint density at radius 3 is 3.00 bits per heavy atom. The van der Waals surface area contributed by atoms with Gasteiger partial charge in [0.15, 0.2) is 0 Å². The van der Waals surface area contributed by atoms with E-state index < -0.39 is 0 Å². The molecule has 2 aromatic heterocycles. The second kappa shape index (κ2) is 5.01. The molecule has 0 spiro atoms. The summed E-state index contributed by atoms with van der Waals surface area (Å²) in [5.74, 6) is 2.16. The summed E-state index contributed by atoms with van der Waals surface area (Å²) in [6.07, 6.45) is 3.91. The Balaban J connectivity index is 1.82. The third-order valence-electron chi connectivity index (χ3n) is 3.62. The Kier molecular flexibility index (Phi) is 3.21. The third-order valence-corrected chi connectivity index (χ3v) is 3.62. The van der Waals surface area contributed by atoms with Gasteiger partial charge in [-0.25, -0.2) is 9.97 Å². The number of pyridine rings is 1. The van der Waals surface area contributed by atoms with Gasteiger partial charge in [0.05, 0.1) is 6.54 Å². The zero-order valence-corrected chi connectivity index (χ0v) is 11.4. The van der Waals surface area contributed by atoms with E-state index >= 15 is 0 Å². The number of hydrogen-bond donors (Lipinski definition) is 1. The molecule has 0 aliphatic carbocycles. The lowest BCUT2D eigenvalue weighted by Crippen LogP contribution is -2.34. The van der Waals surface area contributed by atoms with Crippen LogP contribution in [0.4, 0.5) is 5.82 Å². The summed E-state index contributed by atoms with van der Waals surface area (Å²) in [6, 6.07) is 4.27. The van der Waals surface area contributed by atoms with Crippen LogP contribution in [0.5, 0.6) is 0 Å². The molecular weight excluding hydrogens is 238 g/mol. The maximum Gasteiger partial charge on any atom is 0.129 e. The Morgan fingerprint density at radius 2 is 2.21 bits per heavy atom. The predicted molar refractivity (Wildman–Crippen MR) is 75.0 cm³/mol. The molecule has 3 rings (SSSR count). The molecule has 0 aromatic carbocycles. The summed E-state index contributed by atoms with van der Waals surface area (Å²) >= 11 is 0. The van der Waals surface area contributed by atoms with Crippen LogP contribution in [0.25, 0.3) is 0 Å². The summed E-state index contributed by atoms with van der Waals surface area (Å²) in [4.78, 5) is 11.4. The Labute approximate surface area is 113 Å². The number of nitrogens with one attached hydrogen (secondary N) is 1. The quantitative estimate of drug-likeness (QED) is 0.901. The average Bonchev–Trinajstić information content (AvgIpc) is 2.88. The monoisotopic (exact) mass is 257 g/mol. The SMILES string of the molecule is CNCc1ccc(N2CCn3ccnc3C2)nc1C. The molecule has 1 aliphatic rings. The Hall–Kier alpha value is -1.88. The van der Waals surface area contributed by atoms with Gasteiger partial charge in [0.25, 0.3) is 0 Å². The van der Waals surface area contributed by atoms with Gasteiger partial charge in [-0.1, -0.05) is 6.07 Å². The van der Waals surface area contributed by atoms with Gasteiger partial charge in [0.1, 0.15) is 11.6 Å². The molecule has 1 N–H and O–H groups in total. The maximum atomic E-state index is 4.72. The minimum absolute atomic E-state index is 0.838. The molecule has 5 nitrogen and oxygen atoms in total. The van der Waals surface area contributed by atoms with E-state index in [4.69, 9.17) is 4.98 Å². The van der Waals surface area contributed by atoms with E-state index in [0.29, 0.717) is 0 Å². The van der Waals surface area contributed by atoms with E-state index in [1.807, 2.05) is 19.4 Å². The van der Waals surface area contributed by atoms with Crippen molar-refractivity contribution >= 4 is 5.82 Å². The molecule has 0 radical (unpaired) electrons. The van der Waals surface area contributed by atoms with Crippen molar-refractivity contribution in [3.8, 4) is 0 Å². The van der Waals surface area contributed by atoms with E-state index in [-0.39, 0.29) is 0 Å². The summed E-state index contributed by atoms with van der Waals surface area (Å²) < 4.78 is 2.21. The van der Waals surface area contributed by atoms with E-state index in [9.17, 15) is 0 Å². The van der Waals surface area contributed by atoms with Crippen molar-refractivity contribution < 1.29 is 0 Å². The number of nitrogens with zero attached hydrogens (tertiary/aromatic N) is 4. The number of aromatic nitrogens is 3. The average molecular weight is 257 g/mol. The molecule has 0 amide bonds. The van der Waals surface area contributed by atoms with Crippen molar-refractivity contribution in [1.82, 2.24) is 19.9 Å². The highest BCUT2D eigenvalue weighted by atomic mass is 15.3. The normalized spacial score (nSPS) is 14.5. The van der Waals surface area contributed by atoms with E-state index in [1.165, 1.54) is 5.56 Å². The van der Waals surface area contributed by atoms with Gasteiger partial charge in [0.2, 0.25) is 0 Å². The molecule has 0 atom stereocenters. The molecule has 2 aromatic rings. The Morgan fingerprint density at radius 1 is 1.32 bits per heavy atom.